The van der Waals surface area contributed by atoms with E-state index < -0.39 is 0 Å². The SMILES string of the molecule is CC(CC1CC1)NC(=O)C1C2CCC(C2)C1N.Cl. The molecular formula is C14H25ClN2O. The van der Waals surface area contributed by atoms with E-state index in [0.29, 0.717) is 17.9 Å². The van der Waals surface area contributed by atoms with Gasteiger partial charge >= 0.3 is 0 Å². The predicted octanol–water partition coefficient (Wildman–Crippen LogP) is 2.09. The van der Waals surface area contributed by atoms with E-state index in [1.165, 1.54) is 32.1 Å². The van der Waals surface area contributed by atoms with Crippen molar-refractivity contribution in [3.05, 3.63) is 0 Å². The van der Waals surface area contributed by atoms with Crippen molar-refractivity contribution in [2.45, 2.75) is 57.5 Å². The number of nitrogens with one attached hydrogen (secondary N) is 1. The lowest BCUT2D eigenvalue weighted by atomic mass is 9.84. The predicted molar refractivity (Wildman–Crippen MR) is 74.5 cm³/mol. The molecule has 0 saturated heterocycles. The quantitative estimate of drug-likeness (QED) is 0.823. The van der Waals surface area contributed by atoms with E-state index in [0.717, 1.165) is 12.3 Å². The van der Waals surface area contributed by atoms with Crippen molar-refractivity contribution in [3.63, 3.8) is 0 Å². The summed E-state index contributed by atoms with van der Waals surface area (Å²) < 4.78 is 0. The van der Waals surface area contributed by atoms with Crippen molar-refractivity contribution in [2.24, 2.45) is 29.4 Å². The molecule has 3 aliphatic carbocycles. The summed E-state index contributed by atoms with van der Waals surface area (Å²) in [7, 11) is 0. The third kappa shape index (κ3) is 2.67. The minimum absolute atomic E-state index is 0. The van der Waals surface area contributed by atoms with Crippen LogP contribution in [0.5, 0.6) is 0 Å². The molecule has 104 valence electrons. The maximum atomic E-state index is 12.3. The monoisotopic (exact) mass is 272 g/mol. The Labute approximate surface area is 116 Å². The molecule has 3 rings (SSSR count). The van der Waals surface area contributed by atoms with Gasteiger partial charge in [-0.2, -0.15) is 0 Å². The fourth-order valence-electron chi connectivity index (χ4n) is 3.98. The lowest BCUT2D eigenvalue weighted by molar-refractivity contribution is -0.127. The van der Waals surface area contributed by atoms with E-state index in [9.17, 15) is 4.79 Å². The number of rotatable bonds is 4. The first-order valence-corrected chi connectivity index (χ1v) is 7.21. The van der Waals surface area contributed by atoms with E-state index >= 15 is 0 Å². The lowest BCUT2D eigenvalue weighted by Crippen LogP contribution is -2.47. The summed E-state index contributed by atoms with van der Waals surface area (Å²) in [6.45, 7) is 2.13. The van der Waals surface area contributed by atoms with Crippen molar-refractivity contribution >= 4 is 18.3 Å². The number of carbonyl (C=O) groups excluding carboxylic acids is 1. The van der Waals surface area contributed by atoms with Crippen molar-refractivity contribution in [1.82, 2.24) is 5.32 Å². The van der Waals surface area contributed by atoms with Crippen molar-refractivity contribution in [3.8, 4) is 0 Å². The molecule has 0 aromatic carbocycles. The van der Waals surface area contributed by atoms with Gasteiger partial charge in [-0.1, -0.05) is 12.8 Å². The molecule has 0 aromatic heterocycles. The Balaban J connectivity index is 0.00000120. The van der Waals surface area contributed by atoms with Crippen molar-refractivity contribution in [2.75, 3.05) is 0 Å². The van der Waals surface area contributed by atoms with Crippen molar-refractivity contribution < 1.29 is 4.79 Å². The Bertz CT molecular complexity index is 317. The Kier molecular flexibility index (Phi) is 4.22. The van der Waals surface area contributed by atoms with E-state index in [-0.39, 0.29) is 30.3 Å². The molecule has 0 spiro atoms. The molecule has 1 amide bonds. The highest BCUT2D eigenvalue weighted by atomic mass is 35.5. The number of hydrogen-bond donors (Lipinski definition) is 2. The van der Waals surface area contributed by atoms with E-state index in [2.05, 4.69) is 12.2 Å². The second-order valence-electron chi connectivity index (χ2n) is 6.53. The van der Waals surface area contributed by atoms with Gasteiger partial charge in [0.1, 0.15) is 0 Å². The maximum Gasteiger partial charge on any atom is 0.225 e. The number of hydrogen-bond acceptors (Lipinski definition) is 2. The summed E-state index contributed by atoms with van der Waals surface area (Å²) in [4.78, 5) is 12.3. The number of amides is 1. The molecule has 0 aliphatic heterocycles. The smallest absolute Gasteiger partial charge is 0.225 e. The van der Waals surface area contributed by atoms with Gasteiger partial charge in [0.2, 0.25) is 5.91 Å². The molecule has 3 nitrogen and oxygen atoms in total. The first-order chi connectivity index (χ1) is 8.15. The minimum atomic E-state index is 0. The zero-order valence-corrected chi connectivity index (χ0v) is 11.9. The molecule has 3 N–H and O–H groups in total. The van der Waals surface area contributed by atoms with Gasteiger partial charge in [-0.25, -0.2) is 0 Å². The third-order valence-electron chi connectivity index (χ3n) is 5.06. The van der Waals surface area contributed by atoms with Crippen LogP contribution in [-0.2, 0) is 4.79 Å². The molecule has 5 atom stereocenters. The Morgan fingerprint density at radius 3 is 2.50 bits per heavy atom. The van der Waals surface area contributed by atoms with Crippen LogP contribution in [0.25, 0.3) is 0 Å². The molecule has 4 heteroatoms. The molecule has 2 bridgehead atoms. The zero-order chi connectivity index (χ0) is 12.0. The van der Waals surface area contributed by atoms with E-state index in [1.54, 1.807) is 0 Å². The molecule has 3 aliphatic rings. The fourth-order valence-corrected chi connectivity index (χ4v) is 3.98. The van der Waals surface area contributed by atoms with Crippen LogP contribution in [0.15, 0.2) is 0 Å². The Morgan fingerprint density at radius 1 is 1.28 bits per heavy atom. The molecular weight excluding hydrogens is 248 g/mol. The Hall–Kier alpha value is -0.280. The summed E-state index contributed by atoms with van der Waals surface area (Å²) in [5.41, 5.74) is 6.19. The van der Waals surface area contributed by atoms with Crippen LogP contribution in [0.4, 0.5) is 0 Å². The summed E-state index contributed by atoms with van der Waals surface area (Å²) >= 11 is 0. The maximum absolute atomic E-state index is 12.3. The normalized spacial score (nSPS) is 39.2. The van der Waals surface area contributed by atoms with E-state index in [4.69, 9.17) is 5.73 Å². The number of fused-ring (bicyclic) bond motifs is 2. The Morgan fingerprint density at radius 2 is 1.94 bits per heavy atom. The van der Waals surface area contributed by atoms with Crippen LogP contribution in [0.1, 0.15) is 45.4 Å². The van der Waals surface area contributed by atoms with Crippen LogP contribution in [-0.4, -0.2) is 18.0 Å². The van der Waals surface area contributed by atoms with Crippen LogP contribution in [0, 0.1) is 23.7 Å². The summed E-state index contributed by atoms with van der Waals surface area (Å²) in [5.74, 6) is 2.41. The van der Waals surface area contributed by atoms with Gasteiger partial charge < -0.3 is 11.1 Å². The van der Waals surface area contributed by atoms with Crippen LogP contribution in [0.2, 0.25) is 0 Å². The summed E-state index contributed by atoms with van der Waals surface area (Å²) in [6.07, 6.45) is 7.51. The molecule has 3 fully saturated rings. The summed E-state index contributed by atoms with van der Waals surface area (Å²) in [6, 6.07) is 0.461. The van der Waals surface area contributed by atoms with Gasteiger partial charge in [-0.15, -0.1) is 12.4 Å². The highest BCUT2D eigenvalue weighted by Gasteiger charge is 2.49. The highest BCUT2D eigenvalue weighted by molar-refractivity contribution is 5.85. The first kappa shape index (κ1) is 14.1. The standard InChI is InChI=1S/C14H24N2O.ClH/c1-8(6-9-2-3-9)16-14(17)12-10-4-5-11(7-10)13(12)15;/h8-13H,2-7,15H2,1H3,(H,16,17);1H. The topological polar surface area (TPSA) is 55.1 Å². The molecule has 3 saturated carbocycles. The zero-order valence-electron chi connectivity index (χ0n) is 11.1. The lowest BCUT2D eigenvalue weighted by Gasteiger charge is -2.28. The number of nitrogens with two attached hydrogens (primary N) is 1. The third-order valence-corrected chi connectivity index (χ3v) is 5.06. The number of halogens is 1. The fraction of sp³-hybridized carbons (Fsp3) is 0.929. The average molecular weight is 273 g/mol. The van der Waals surface area contributed by atoms with Gasteiger partial charge in [0, 0.05) is 12.1 Å². The molecule has 0 radical (unpaired) electrons. The minimum Gasteiger partial charge on any atom is -0.353 e. The van der Waals surface area contributed by atoms with Crippen LogP contribution >= 0.6 is 12.4 Å². The molecule has 5 unspecified atom stereocenters. The van der Waals surface area contributed by atoms with Crippen LogP contribution in [0.3, 0.4) is 0 Å². The average Bonchev–Trinajstić information content (AvgIpc) is 2.86. The van der Waals surface area contributed by atoms with Crippen LogP contribution < -0.4 is 11.1 Å². The van der Waals surface area contributed by atoms with Gasteiger partial charge in [-0.3, -0.25) is 4.79 Å². The summed E-state index contributed by atoms with van der Waals surface area (Å²) in [5, 5.41) is 3.19. The molecule has 18 heavy (non-hydrogen) atoms. The second kappa shape index (κ2) is 5.38. The highest BCUT2D eigenvalue weighted by Crippen LogP contribution is 2.47. The number of carbonyl (C=O) groups is 1. The van der Waals surface area contributed by atoms with Gasteiger partial charge in [-0.05, 0) is 50.4 Å². The largest absolute Gasteiger partial charge is 0.353 e. The second-order valence-corrected chi connectivity index (χ2v) is 6.53. The van der Waals surface area contributed by atoms with Crippen molar-refractivity contribution in [1.29, 1.82) is 0 Å². The first-order valence-electron chi connectivity index (χ1n) is 7.21. The molecule has 0 aromatic rings. The van der Waals surface area contributed by atoms with Gasteiger partial charge in [0.15, 0.2) is 0 Å². The van der Waals surface area contributed by atoms with Gasteiger partial charge in [0.25, 0.3) is 0 Å². The van der Waals surface area contributed by atoms with E-state index in [1.807, 2.05) is 0 Å². The molecule has 0 heterocycles. The van der Waals surface area contributed by atoms with Gasteiger partial charge in [0.05, 0.1) is 5.92 Å².